The van der Waals surface area contributed by atoms with E-state index in [1.54, 1.807) is 0 Å². The average Bonchev–Trinajstić information content (AvgIpc) is 1.98. The van der Waals surface area contributed by atoms with Crippen LogP contribution in [0, 0.1) is 0 Å². The van der Waals surface area contributed by atoms with Crippen LogP contribution >= 0.6 is 53.0 Å². The number of halogens is 6. The van der Waals surface area contributed by atoms with Crippen molar-refractivity contribution in [1.29, 1.82) is 0 Å². The Labute approximate surface area is 122 Å². The van der Waals surface area contributed by atoms with Crippen molar-refractivity contribution in [2.24, 2.45) is 0 Å². The van der Waals surface area contributed by atoms with E-state index >= 15 is 0 Å². The number of ether oxygens (including phenoxy) is 1. The topological polar surface area (TPSA) is 15.5 Å². The molecule has 10 heteroatoms. The monoisotopic (exact) mass is 474 g/mol. The molecule has 106 valence electrons. The predicted molar refractivity (Wildman–Crippen MR) is 81.4 cm³/mol. The van der Waals surface area contributed by atoms with Gasteiger partial charge in [-0.15, -0.1) is 0 Å². The Morgan fingerprint density at radius 3 is 1.65 bits per heavy atom. The number of morpholine rings is 1. The molecule has 0 spiro atoms. The van der Waals surface area contributed by atoms with Crippen molar-refractivity contribution in [1.82, 2.24) is 4.90 Å². The molecule has 0 aliphatic carbocycles. The summed E-state index contributed by atoms with van der Waals surface area (Å²) in [6.45, 7) is 3.78. The predicted octanol–water partition coefficient (Wildman–Crippen LogP) is 3.38. The summed E-state index contributed by atoms with van der Waals surface area (Å²) in [4.78, 5) is 2.27. The molecule has 0 N–H and O–H groups in total. The molecule has 0 aromatic heterocycles. The van der Waals surface area contributed by atoms with Crippen LogP contribution in [0.5, 0.6) is 0 Å². The summed E-state index contributed by atoms with van der Waals surface area (Å²) in [5.74, 6) is 0. The van der Waals surface area contributed by atoms with E-state index in [-0.39, 0.29) is 0 Å². The van der Waals surface area contributed by atoms with Crippen molar-refractivity contribution < 1.29 is 9.31 Å². The maximum absolute atomic E-state index is 5.42. The Bertz CT molecular complexity index is 265. The van der Waals surface area contributed by atoms with Crippen molar-refractivity contribution in [2.75, 3.05) is 40.4 Å². The summed E-state index contributed by atoms with van der Waals surface area (Å²) in [6, 6.07) is 0. The Balaban J connectivity index is 0.000000325. The third-order valence-corrected chi connectivity index (χ3v) is 1.44. The van der Waals surface area contributed by atoms with Crippen molar-refractivity contribution in [3.05, 3.63) is 0 Å². The summed E-state index contributed by atoms with van der Waals surface area (Å²) in [5, 5.41) is 0. The van der Waals surface area contributed by atoms with Crippen LogP contribution in [-0.2, 0) is 4.74 Å². The molecular weight excluding hydrogens is 463 g/mol. The molecule has 0 atom stereocenters. The van der Waals surface area contributed by atoms with Gasteiger partial charge >= 0.3 is 62.1 Å². The molecule has 0 bridgehead atoms. The van der Waals surface area contributed by atoms with Crippen molar-refractivity contribution >= 4 is 68.5 Å². The van der Waals surface area contributed by atoms with Crippen LogP contribution in [0.15, 0.2) is 0 Å². The molecular formula is C7H15Cl6N2OSb. The Kier molecular flexibility index (Phi) is 6.90. The van der Waals surface area contributed by atoms with Crippen LogP contribution in [0.25, 0.3) is 0 Å². The molecule has 0 radical (unpaired) electrons. The van der Waals surface area contributed by atoms with Crippen LogP contribution in [0.2, 0.25) is 0 Å². The van der Waals surface area contributed by atoms with Gasteiger partial charge in [-0.1, -0.05) is 0 Å². The third-order valence-electron chi connectivity index (χ3n) is 1.44. The summed E-state index contributed by atoms with van der Waals surface area (Å²) in [6.07, 6.45) is 2.11. The van der Waals surface area contributed by atoms with Gasteiger partial charge in [-0.25, -0.2) is 0 Å². The molecule has 0 aromatic carbocycles. The van der Waals surface area contributed by atoms with Gasteiger partial charge in [0.05, 0.1) is 27.3 Å². The van der Waals surface area contributed by atoms with Crippen molar-refractivity contribution in [2.45, 2.75) is 0 Å². The quantitative estimate of drug-likeness (QED) is 0.249. The van der Waals surface area contributed by atoms with Crippen LogP contribution in [-0.4, -0.2) is 65.4 Å². The van der Waals surface area contributed by atoms with E-state index in [1.165, 1.54) is 0 Å². The van der Waals surface area contributed by atoms with Gasteiger partial charge in [-0.05, 0) is 0 Å². The van der Waals surface area contributed by atoms with E-state index in [2.05, 4.69) is 15.8 Å². The van der Waals surface area contributed by atoms with Crippen LogP contribution < -0.4 is 0 Å². The minimum absolute atomic E-state index is 0.865. The molecule has 1 aliphatic rings. The number of nitrogens with zero attached hydrogens (tertiary/aromatic N) is 2. The van der Waals surface area contributed by atoms with Gasteiger partial charge in [0.1, 0.15) is 13.1 Å². The SMILES string of the molecule is C[N+](C)=CN1CCOCC1.[Cl][Sb-]([Cl])([Cl])([Cl])([Cl])[Cl]. The standard InChI is InChI=1S/C7H15N2O.6ClH.Sb/c1-8(2)7-9-3-5-10-6-4-9;;;;;;;/h7H,3-6H2,1-2H3;6*1H;/q+1;;;;;;;+5/p-6. The molecule has 1 fully saturated rings. The van der Waals surface area contributed by atoms with Crippen molar-refractivity contribution in [3.63, 3.8) is 0 Å². The second-order valence-electron chi connectivity index (χ2n) is 3.69. The first-order valence-electron chi connectivity index (χ1n) is 4.63. The zero-order valence-electron chi connectivity index (χ0n) is 9.42. The first-order chi connectivity index (χ1) is 7.24. The molecule has 1 heterocycles. The Morgan fingerprint density at radius 1 is 1.00 bits per heavy atom. The number of hydrogen-bond donors (Lipinski definition) is 0. The van der Waals surface area contributed by atoms with E-state index < -0.39 is 9.14 Å². The molecule has 0 aromatic rings. The fourth-order valence-corrected chi connectivity index (χ4v) is 1.02. The molecule has 0 unspecified atom stereocenters. The number of hydrogen-bond acceptors (Lipinski definition) is 1. The Morgan fingerprint density at radius 2 is 1.35 bits per heavy atom. The van der Waals surface area contributed by atoms with Gasteiger partial charge in [0.25, 0.3) is 0 Å². The van der Waals surface area contributed by atoms with E-state index in [0.29, 0.717) is 0 Å². The van der Waals surface area contributed by atoms with Gasteiger partial charge < -0.3 is 4.74 Å². The van der Waals surface area contributed by atoms with Crippen LogP contribution in [0.3, 0.4) is 0 Å². The normalized spacial score (nSPS) is 20.6. The van der Waals surface area contributed by atoms with Gasteiger partial charge in [-0.2, -0.15) is 0 Å². The van der Waals surface area contributed by atoms with Gasteiger partial charge in [0.15, 0.2) is 0 Å². The fraction of sp³-hybridized carbons (Fsp3) is 0.857. The molecule has 1 aliphatic heterocycles. The van der Waals surface area contributed by atoms with E-state index in [9.17, 15) is 0 Å². The van der Waals surface area contributed by atoms with E-state index in [4.69, 9.17) is 57.7 Å². The van der Waals surface area contributed by atoms with Crippen molar-refractivity contribution in [3.8, 4) is 0 Å². The molecule has 0 saturated carbocycles. The van der Waals surface area contributed by atoms with Gasteiger partial charge in [0.2, 0.25) is 6.34 Å². The average molecular weight is 478 g/mol. The third kappa shape index (κ3) is 23.5. The summed E-state index contributed by atoms with van der Waals surface area (Å²) in [7, 11) is 29.0. The van der Waals surface area contributed by atoms with Gasteiger partial charge in [-0.3, -0.25) is 9.48 Å². The van der Waals surface area contributed by atoms with E-state index in [1.807, 2.05) is 14.1 Å². The second-order valence-corrected chi connectivity index (χ2v) is 60.6. The zero-order chi connectivity index (χ0) is 13.8. The summed E-state index contributed by atoms with van der Waals surface area (Å²) in [5.41, 5.74) is 0. The van der Waals surface area contributed by atoms with Crippen LogP contribution in [0.1, 0.15) is 0 Å². The minimum atomic E-state index is -5.42. The maximum atomic E-state index is 5.20. The molecule has 0 amide bonds. The second kappa shape index (κ2) is 6.18. The first kappa shape index (κ1) is 19.0. The first-order valence-corrected chi connectivity index (χ1v) is 24.0. The summed E-state index contributed by atoms with van der Waals surface area (Å²) >= 11 is 0. The molecule has 17 heavy (non-hydrogen) atoms. The Hall–Kier alpha value is 1.99. The summed E-state index contributed by atoms with van der Waals surface area (Å²) < 4.78 is 7.26. The van der Waals surface area contributed by atoms with Crippen LogP contribution in [0.4, 0.5) is 0 Å². The number of rotatable bonds is 1. The van der Waals surface area contributed by atoms with E-state index in [0.717, 1.165) is 26.3 Å². The molecule has 1 saturated heterocycles. The molecule has 3 nitrogen and oxygen atoms in total. The zero-order valence-corrected chi connectivity index (χ0v) is 16.5. The van der Waals surface area contributed by atoms with Gasteiger partial charge in [0, 0.05) is 0 Å². The fourth-order valence-electron chi connectivity index (χ4n) is 1.02. The molecule has 1 rings (SSSR count).